The molecule has 0 bridgehead atoms. The van der Waals surface area contributed by atoms with Gasteiger partial charge in [0.1, 0.15) is 18.0 Å². The van der Waals surface area contributed by atoms with Gasteiger partial charge in [0.15, 0.2) is 28.5 Å². The molecule has 0 amide bonds. The second kappa shape index (κ2) is 11.3. The molecule has 0 radical (unpaired) electrons. The van der Waals surface area contributed by atoms with Crippen molar-refractivity contribution in [2.75, 3.05) is 6.61 Å². The van der Waals surface area contributed by atoms with Crippen LogP contribution in [0, 0.1) is 13.8 Å². The lowest BCUT2D eigenvalue weighted by Crippen LogP contribution is -2.56. The lowest BCUT2D eigenvalue weighted by Gasteiger charge is -2.43. The van der Waals surface area contributed by atoms with Crippen LogP contribution in [0.4, 0.5) is 4.39 Å². The predicted octanol–water partition coefficient (Wildman–Crippen LogP) is 7.05. The Labute approximate surface area is 243 Å². The molecule has 7 nitrogen and oxygen atoms in total. The van der Waals surface area contributed by atoms with Crippen molar-refractivity contribution in [1.82, 2.24) is 4.90 Å². The molecule has 3 unspecified atom stereocenters. The molecule has 0 saturated carbocycles. The van der Waals surface area contributed by atoms with Crippen LogP contribution in [-0.4, -0.2) is 69.6 Å². The van der Waals surface area contributed by atoms with Gasteiger partial charge in [0.05, 0.1) is 6.61 Å². The van der Waals surface area contributed by atoms with Crippen molar-refractivity contribution in [3.63, 3.8) is 0 Å². The minimum absolute atomic E-state index is 0.00775. The summed E-state index contributed by atoms with van der Waals surface area (Å²) in [6.45, 7) is 27.1. The van der Waals surface area contributed by atoms with E-state index in [1.807, 2.05) is 32.0 Å². The zero-order valence-electron chi connectivity index (χ0n) is 26.8. The second-order valence-corrected chi connectivity index (χ2v) is 24.0. The summed E-state index contributed by atoms with van der Waals surface area (Å²) in [5.41, 5.74) is -0.0414. The number of nitrogens with zero attached hydrogens (tertiary/aromatic N) is 2. The van der Waals surface area contributed by atoms with E-state index in [-0.39, 0.29) is 22.6 Å². The summed E-state index contributed by atoms with van der Waals surface area (Å²) in [5.74, 6) is 0.927. The molecule has 40 heavy (non-hydrogen) atoms. The summed E-state index contributed by atoms with van der Waals surface area (Å²) in [7, 11) is -4.52. The highest BCUT2D eigenvalue weighted by atomic mass is 28.4. The van der Waals surface area contributed by atoms with E-state index in [1.165, 1.54) is 11.8 Å². The Hall–Kier alpha value is -1.57. The third-order valence-corrected chi connectivity index (χ3v) is 18.1. The van der Waals surface area contributed by atoms with Crippen molar-refractivity contribution < 1.29 is 27.8 Å². The number of halogens is 1. The Bertz CT molecular complexity index is 1100. The summed E-state index contributed by atoms with van der Waals surface area (Å²) in [5, 5.41) is 10.9. The van der Waals surface area contributed by atoms with Crippen molar-refractivity contribution >= 4 is 22.5 Å². The SMILES string of the molecule is Cc1cccc(C)c1OC1=NC(O)N([C@@H]2O[C@H](CO[Si](C)(C)C(C)(C)C)C(O[Si](C)(C)C(C)(C)C)C2(C)F)C=C1. The van der Waals surface area contributed by atoms with E-state index in [4.69, 9.17) is 18.3 Å². The van der Waals surface area contributed by atoms with Crippen LogP contribution >= 0.6 is 0 Å². The summed E-state index contributed by atoms with van der Waals surface area (Å²) in [6.07, 6.45) is -0.838. The number of ether oxygens (including phenoxy) is 2. The Balaban J connectivity index is 1.88. The third-order valence-electron chi connectivity index (χ3n) is 9.11. The Kier molecular flexibility index (Phi) is 9.27. The molecule has 5 atom stereocenters. The molecule has 0 aromatic heterocycles. The number of para-hydroxylation sites is 1. The fraction of sp³-hybridized carbons (Fsp3) is 0.700. The number of alkyl halides is 1. The van der Waals surface area contributed by atoms with Crippen molar-refractivity contribution in [3.8, 4) is 5.75 Å². The standard InChI is InChI=1S/C30H51FN2O5Si2/c1-20-15-14-16-21(2)24(20)37-23-17-18-33(27(34)32-23)26-30(9,31)25(38-40(12,13)29(6,7)8)22(36-26)19-35-39(10,11)28(3,4)5/h14-18,22,25-27,34H,19H2,1-13H3/t22-,25?,26-,27?,30?/m1/s1. The summed E-state index contributed by atoms with van der Waals surface area (Å²) >= 11 is 0. The molecule has 0 aliphatic carbocycles. The number of aliphatic hydroxyl groups is 1. The van der Waals surface area contributed by atoms with Crippen LogP contribution in [-0.2, 0) is 13.6 Å². The maximum atomic E-state index is 16.9. The predicted molar refractivity (Wildman–Crippen MR) is 164 cm³/mol. The minimum Gasteiger partial charge on any atom is -0.439 e. The average Bonchev–Trinajstić information content (AvgIpc) is 3.03. The Morgan fingerprint density at radius 2 is 1.57 bits per heavy atom. The summed E-state index contributed by atoms with van der Waals surface area (Å²) in [4.78, 5) is 5.71. The molecule has 1 saturated heterocycles. The molecule has 1 aromatic carbocycles. The van der Waals surface area contributed by atoms with Crippen LogP contribution in [0.5, 0.6) is 5.75 Å². The van der Waals surface area contributed by atoms with E-state index < -0.39 is 47.1 Å². The first kappa shape index (κ1) is 32.9. The van der Waals surface area contributed by atoms with Gasteiger partial charge in [0.2, 0.25) is 12.2 Å². The van der Waals surface area contributed by atoms with Crippen molar-refractivity contribution in [3.05, 3.63) is 41.6 Å². The number of benzene rings is 1. The number of rotatable bonds is 7. The van der Waals surface area contributed by atoms with E-state index in [9.17, 15) is 5.11 Å². The van der Waals surface area contributed by atoms with Gasteiger partial charge in [-0.2, -0.15) is 4.99 Å². The highest BCUT2D eigenvalue weighted by Crippen LogP contribution is 2.46. The average molecular weight is 595 g/mol. The van der Waals surface area contributed by atoms with Crippen LogP contribution in [0.1, 0.15) is 59.6 Å². The van der Waals surface area contributed by atoms with E-state index in [2.05, 4.69) is 72.7 Å². The van der Waals surface area contributed by atoms with Crippen LogP contribution in [0.15, 0.2) is 35.5 Å². The highest BCUT2D eigenvalue weighted by Gasteiger charge is 2.60. The molecule has 1 fully saturated rings. The molecule has 1 aromatic rings. The first-order valence-electron chi connectivity index (χ1n) is 14.2. The van der Waals surface area contributed by atoms with Gasteiger partial charge in [-0.05, 0) is 68.2 Å². The van der Waals surface area contributed by atoms with Gasteiger partial charge in [0, 0.05) is 12.3 Å². The number of aryl methyl sites for hydroxylation is 2. The lowest BCUT2D eigenvalue weighted by molar-refractivity contribution is -0.138. The number of aliphatic hydroxyl groups excluding tert-OH is 1. The topological polar surface area (TPSA) is 72.8 Å². The van der Waals surface area contributed by atoms with Gasteiger partial charge < -0.3 is 28.3 Å². The van der Waals surface area contributed by atoms with E-state index in [0.29, 0.717) is 5.75 Å². The van der Waals surface area contributed by atoms with Gasteiger partial charge in [-0.3, -0.25) is 0 Å². The summed E-state index contributed by atoms with van der Waals surface area (Å²) < 4.78 is 42.5. The molecule has 2 aliphatic heterocycles. The number of aliphatic imine (C=N–C) groups is 1. The smallest absolute Gasteiger partial charge is 0.230 e. The fourth-order valence-corrected chi connectivity index (χ4v) is 6.71. The normalized spacial score (nSPS) is 28.2. The second-order valence-electron chi connectivity index (χ2n) is 14.4. The van der Waals surface area contributed by atoms with Crippen LogP contribution in [0.25, 0.3) is 0 Å². The largest absolute Gasteiger partial charge is 0.439 e. The maximum absolute atomic E-state index is 16.9. The zero-order valence-corrected chi connectivity index (χ0v) is 28.8. The monoisotopic (exact) mass is 594 g/mol. The van der Waals surface area contributed by atoms with Crippen LogP contribution in [0.3, 0.4) is 0 Å². The van der Waals surface area contributed by atoms with Crippen LogP contribution < -0.4 is 4.74 Å². The van der Waals surface area contributed by atoms with E-state index in [0.717, 1.165) is 11.1 Å². The van der Waals surface area contributed by atoms with Gasteiger partial charge >= 0.3 is 0 Å². The maximum Gasteiger partial charge on any atom is 0.230 e. The first-order valence-corrected chi connectivity index (χ1v) is 20.0. The highest BCUT2D eigenvalue weighted by molar-refractivity contribution is 6.74. The molecule has 2 heterocycles. The molecule has 3 rings (SSSR count). The van der Waals surface area contributed by atoms with Crippen LogP contribution in [0.2, 0.25) is 36.3 Å². The molecule has 10 heteroatoms. The van der Waals surface area contributed by atoms with E-state index >= 15 is 4.39 Å². The third kappa shape index (κ3) is 6.73. The molecular weight excluding hydrogens is 544 g/mol. The van der Waals surface area contributed by atoms with Crippen molar-refractivity contribution in [2.24, 2.45) is 4.99 Å². The van der Waals surface area contributed by atoms with Crippen molar-refractivity contribution in [1.29, 1.82) is 0 Å². The molecule has 0 spiro atoms. The van der Waals surface area contributed by atoms with Gasteiger partial charge in [-0.25, -0.2) is 4.39 Å². The van der Waals surface area contributed by atoms with E-state index in [1.54, 1.807) is 12.3 Å². The Morgan fingerprint density at radius 3 is 2.08 bits per heavy atom. The molecule has 1 N–H and O–H groups in total. The van der Waals surface area contributed by atoms with Gasteiger partial charge in [-0.1, -0.05) is 59.7 Å². The zero-order chi connectivity index (χ0) is 30.5. The fourth-order valence-electron chi connectivity index (χ4n) is 4.33. The molecule has 2 aliphatic rings. The quantitative estimate of drug-likeness (QED) is 0.341. The summed E-state index contributed by atoms with van der Waals surface area (Å²) in [6, 6.07) is 5.86. The number of hydrogen-bond acceptors (Lipinski definition) is 7. The molecular formula is C30H51FN2O5Si2. The minimum atomic E-state index is -2.38. The first-order chi connectivity index (χ1) is 18.1. The van der Waals surface area contributed by atoms with Crippen molar-refractivity contribution in [2.45, 2.75) is 129 Å². The lowest BCUT2D eigenvalue weighted by atomic mass is 9.98. The van der Waals surface area contributed by atoms with Gasteiger partial charge in [0.25, 0.3) is 0 Å². The number of hydrogen-bond donors (Lipinski definition) is 1. The van der Waals surface area contributed by atoms with Gasteiger partial charge in [-0.15, -0.1) is 0 Å². The Morgan fingerprint density at radius 1 is 1.02 bits per heavy atom. The molecule has 226 valence electrons.